The van der Waals surface area contributed by atoms with Crippen LogP contribution in [0.2, 0.25) is 5.02 Å². The zero-order chi connectivity index (χ0) is 23.1. The third kappa shape index (κ3) is 6.60. The first-order chi connectivity index (χ1) is 15.4. The SMILES string of the molecule is COc1cc(/C=C(\C#N)C(=O)Nc2cccc(I)c2)cc(I)c1OCc1ccc(Cl)cc1. The lowest BCUT2D eigenvalue weighted by atomic mass is 10.1. The highest BCUT2D eigenvalue weighted by molar-refractivity contribution is 14.1. The van der Waals surface area contributed by atoms with Gasteiger partial charge in [0.1, 0.15) is 18.2 Å². The molecule has 3 rings (SSSR count). The summed E-state index contributed by atoms with van der Waals surface area (Å²) in [4.78, 5) is 12.6. The molecular weight excluding hydrogens is 654 g/mol. The van der Waals surface area contributed by atoms with Crippen molar-refractivity contribution < 1.29 is 14.3 Å². The van der Waals surface area contributed by atoms with Crippen molar-refractivity contribution in [3.05, 3.63) is 89.5 Å². The molecule has 0 bridgehead atoms. The van der Waals surface area contributed by atoms with Gasteiger partial charge in [0.15, 0.2) is 11.5 Å². The molecule has 0 aliphatic rings. The topological polar surface area (TPSA) is 71.3 Å². The number of rotatable bonds is 7. The Balaban J connectivity index is 1.81. The van der Waals surface area contributed by atoms with Gasteiger partial charge in [0, 0.05) is 14.3 Å². The highest BCUT2D eigenvalue weighted by Gasteiger charge is 2.14. The summed E-state index contributed by atoms with van der Waals surface area (Å²) in [7, 11) is 1.54. The Bertz CT molecular complexity index is 1200. The predicted molar refractivity (Wildman–Crippen MR) is 143 cm³/mol. The van der Waals surface area contributed by atoms with Gasteiger partial charge in [-0.25, -0.2) is 0 Å². The molecule has 3 aromatic carbocycles. The monoisotopic (exact) mass is 670 g/mol. The van der Waals surface area contributed by atoms with Gasteiger partial charge < -0.3 is 14.8 Å². The van der Waals surface area contributed by atoms with E-state index in [0.717, 1.165) is 12.7 Å². The quantitative estimate of drug-likeness (QED) is 0.173. The number of nitrogens with zero attached hydrogens (tertiary/aromatic N) is 1. The number of benzene rings is 3. The molecule has 0 aliphatic carbocycles. The van der Waals surface area contributed by atoms with Crippen LogP contribution in [-0.2, 0) is 11.4 Å². The van der Waals surface area contributed by atoms with Crippen LogP contribution in [0.1, 0.15) is 11.1 Å². The highest BCUT2D eigenvalue weighted by Crippen LogP contribution is 2.35. The predicted octanol–water partition coefficient (Wildman–Crippen LogP) is 6.68. The minimum absolute atomic E-state index is 0.0171. The van der Waals surface area contributed by atoms with Crippen LogP contribution in [0.4, 0.5) is 5.69 Å². The molecule has 8 heteroatoms. The van der Waals surface area contributed by atoms with Gasteiger partial charge in [-0.05, 0) is 105 Å². The van der Waals surface area contributed by atoms with Crippen LogP contribution in [0.25, 0.3) is 6.08 Å². The van der Waals surface area contributed by atoms with Crippen LogP contribution < -0.4 is 14.8 Å². The van der Waals surface area contributed by atoms with E-state index in [2.05, 4.69) is 50.5 Å². The Hall–Kier alpha value is -2.29. The van der Waals surface area contributed by atoms with E-state index in [4.69, 9.17) is 21.1 Å². The summed E-state index contributed by atoms with van der Waals surface area (Å²) in [6, 6.07) is 20.3. The molecule has 0 aliphatic heterocycles. The Morgan fingerprint density at radius 3 is 2.56 bits per heavy atom. The molecule has 0 heterocycles. The fourth-order valence-electron chi connectivity index (χ4n) is 2.78. The van der Waals surface area contributed by atoms with Crippen molar-refractivity contribution in [3.8, 4) is 17.6 Å². The van der Waals surface area contributed by atoms with E-state index >= 15 is 0 Å². The number of hydrogen-bond donors (Lipinski definition) is 1. The molecular formula is C24H17ClI2N2O3. The van der Waals surface area contributed by atoms with E-state index in [1.807, 2.05) is 42.5 Å². The number of methoxy groups -OCH3 is 1. The van der Waals surface area contributed by atoms with Crippen molar-refractivity contribution in [2.75, 3.05) is 12.4 Å². The molecule has 32 heavy (non-hydrogen) atoms. The van der Waals surface area contributed by atoms with Crippen LogP contribution in [0.15, 0.2) is 66.2 Å². The van der Waals surface area contributed by atoms with E-state index in [1.165, 1.54) is 6.08 Å². The summed E-state index contributed by atoms with van der Waals surface area (Å²) in [5, 5.41) is 12.9. The van der Waals surface area contributed by atoms with E-state index in [-0.39, 0.29) is 5.57 Å². The summed E-state index contributed by atoms with van der Waals surface area (Å²) in [5.74, 6) is 0.612. The maximum absolute atomic E-state index is 12.6. The summed E-state index contributed by atoms with van der Waals surface area (Å²) in [6.45, 7) is 0.348. The minimum Gasteiger partial charge on any atom is -0.493 e. The van der Waals surface area contributed by atoms with E-state index in [1.54, 1.807) is 31.4 Å². The minimum atomic E-state index is -0.480. The highest BCUT2D eigenvalue weighted by atomic mass is 127. The number of ether oxygens (including phenoxy) is 2. The lowest BCUT2D eigenvalue weighted by Crippen LogP contribution is -2.13. The van der Waals surface area contributed by atoms with Crippen molar-refractivity contribution >= 4 is 74.5 Å². The zero-order valence-corrected chi connectivity index (χ0v) is 21.9. The largest absolute Gasteiger partial charge is 0.493 e. The summed E-state index contributed by atoms with van der Waals surface area (Å²) >= 11 is 10.2. The lowest BCUT2D eigenvalue weighted by molar-refractivity contribution is -0.112. The third-order valence-electron chi connectivity index (χ3n) is 4.31. The molecule has 1 N–H and O–H groups in total. The first-order valence-electron chi connectivity index (χ1n) is 9.33. The van der Waals surface area contributed by atoms with Crippen LogP contribution >= 0.6 is 56.8 Å². The number of nitriles is 1. The molecule has 162 valence electrons. The Labute approximate surface area is 218 Å². The van der Waals surface area contributed by atoms with Gasteiger partial charge in [0.25, 0.3) is 5.91 Å². The van der Waals surface area contributed by atoms with Crippen molar-refractivity contribution in [1.29, 1.82) is 5.26 Å². The molecule has 0 spiro atoms. The summed E-state index contributed by atoms with van der Waals surface area (Å²) < 4.78 is 13.2. The number of carbonyl (C=O) groups is 1. The number of nitrogens with one attached hydrogen (secondary N) is 1. The number of anilines is 1. The van der Waals surface area contributed by atoms with Gasteiger partial charge in [-0.1, -0.05) is 29.8 Å². The van der Waals surface area contributed by atoms with Crippen molar-refractivity contribution in [3.63, 3.8) is 0 Å². The average Bonchev–Trinajstić information content (AvgIpc) is 2.77. The van der Waals surface area contributed by atoms with Gasteiger partial charge in [0.2, 0.25) is 0 Å². The second-order valence-electron chi connectivity index (χ2n) is 6.58. The maximum Gasteiger partial charge on any atom is 0.266 e. The van der Waals surface area contributed by atoms with Crippen LogP contribution in [0, 0.1) is 18.5 Å². The second kappa shape index (κ2) is 11.5. The van der Waals surface area contributed by atoms with Gasteiger partial charge in [-0.2, -0.15) is 5.26 Å². The van der Waals surface area contributed by atoms with Gasteiger partial charge >= 0.3 is 0 Å². The normalized spacial score (nSPS) is 10.9. The number of halogens is 3. The first-order valence-corrected chi connectivity index (χ1v) is 11.9. The van der Waals surface area contributed by atoms with Gasteiger partial charge in [0.05, 0.1) is 10.7 Å². The summed E-state index contributed by atoms with van der Waals surface area (Å²) in [5.41, 5.74) is 2.23. The van der Waals surface area contributed by atoms with Crippen molar-refractivity contribution in [2.24, 2.45) is 0 Å². The zero-order valence-electron chi connectivity index (χ0n) is 16.9. The summed E-state index contributed by atoms with van der Waals surface area (Å²) in [6.07, 6.45) is 1.52. The standard InChI is InChI=1S/C24H17ClI2N2O3/c1-31-22-11-16(9-17(13-28)24(30)29-20-4-2-3-19(26)12-20)10-21(27)23(22)32-14-15-5-7-18(25)8-6-15/h2-12H,14H2,1H3,(H,29,30)/b17-9+. The van der Waals surface area contributed by atoms with E-state index < -0.39 is 5.91 Å². The molecule has 0 saturated heterocycles. The molecule has 0 saturated carbocycles. The number of amides is 1. The fraction of sp³-hybridized carbons (Fsp3) is 0.0833. The van der Waals surface area contributed by atoms with E-state index in [9.17, 15) is 10.1 Å². The third-order valence-corrected chi connectivity index (χ3v) is 6.03. The van der Waals surface area contributed by atoms with Gasteiger partial charge in [-0.3, -0.25) is 4.79 Å². The lowest BCUT2D eigenvalue weighted by Gasteiger charge is -2.14. The maximum atomic E-state index is 12.6. The molecule has 3 aromatic rings. The van der Waals surface area contributed by atoms with Crippen LogP contribution in [-0.4, -0.2) is 13.0 Å². The first kappa shape index (κ1) is 24.4. The fourth-order valence-corrected chi connectivity index (χ4v) is 4.23. The molecule has 0 atom stereocenters. The average molecular weight is 671 g/mol. The smallest absolute Gasteiger partial charge is 0.266 e. The Morgan fingerprint density at radius 1 is 1.16 bits per heavy atom. The molecule has 5 nitrogen and oxygen atoms in total. The van der Waals surface area contributed by atoms with Crippen LogP contribution in [0.5, 0.6) is 11.5 Å². The molecule has 0 radical (unpaired) electrons. The molecule has 1 amide bonds. The van der Waals surface area contributed by atoms with Crippen LogP contribution in [0.3, 0.4) is 0 Å². The van der Waals surface area contributed by atoms with Crippen molar-refractivity contribution in [1.82, 2.24) is 0 Å². The van der Waals surface area contributed by atoms with Gasteiger partial charge in [-0.15, -0.1) is 0 Å². The Morgan fingerprint density at radius 2 is 1.91 bits per heavy atom. The second-order valence-corrected chi connectivity index (χ2v) is 9.43. The molecule has 0 unspecified atom stereocenters. The number of carbonyl (C=O) groups excluding carboxylic acids is 1. The Kier molecular flexibility index (Phi) is 8.78. The van der Waals surface area contributed by atoms with Crippen molar-refractivity contribution in [2.45, 2.75) is 6.61 Å². The van der Waals surface area contributed by atoms with E-state index in [0.29, 0.717) is 34.4 Å². The molecule has 0 aromatic heterocycles. The number of hydrogen-bond acceptors (Lipinski definition) is 4. The molecule has 0 fully saturated rings.